The lowest BCUT2D eigenvalue weighted by atomic mass is 10.1. The average molecular weight is 260 g/mol. The van der Waals surface area contributed by atoms with E-state index in [0.717, 1.165) is 16.6 Å². The first-order valence-electron chi connectivity index (χ1n) is 6.57. The number of carbonyl (C=O) groups excluding carboxylic acids is 1. The van der Waals surface area contributed by atoms with E-state index >= 15 is 0 Å². The van der Waals surface area contributed by atoms with Gasteiger partial charge in [-0.1, -0.05) is 6.92 Å². The van der Waals surface area contributed by atoms with E-state index in [-0.39, 0.29) is 18.6 Å². The zero-order valence-corrected chi connectivity index (χ0v) is 11.6. The number of aromatic nitrogens is 1. The van der Waals surface area contributed by atoms with Crippen molar-refractivity contribution in [3.8, 4) is 0 Å². The van der Waals surface area contributed by atoms with Gasteiger partial charge in [-0.25, -0.2) is 0 Å². The normalized spacial score (nSPS) is 12.6. The fourth-order valence-electron chi connectivity index (χ4n) is 2.15. The Balaban J connectivity index is 2.30. The molecule has 0 unspecified atom stereocenters. The van der Waals surface area contributed by atoms with Crippen LogP contribution in [0.25, 0.3) is 10.9 Å². The third-order valence-corrected chi connectivity index (χ3v) is 3.62. The minimum Gasteiger partial charge on any atom is -0.394 e. The molecule has 0 saturated carbocycles. The van der Waals surface area contributed by atoms with Gasteiger partial charge in [-0.15, -0.1) is 0 Å². The molecule has 2 rings (SSSR count). The Morgan fingerprint density at radius 1 is 1.42 bits per heavy atom. The second-order valence-corrected chi connectivity index (χ2v) is 4.90. The summed E-state index contributed by atoms with van der Waals surface area (Å²) in [4.78, 5) is 15.4. The van der Waals surface area contributed by atoms with Crippen molar-refractivity contribution in [3.05, 3.63) is 35.0 Å². The molecule has 0 aliphatic rings. The molecule has 3 N–H and O–H groups in total. The molecular formula is C15H20N2O2. The van der Waals surface area contributed by atoms with Gasteiger partial charge in [0.25, 0.3) is 5.91 Å². The smallest absolute Gasteiger partial charge is 0.251 e. The van der Waals surface area contributed by atoms with Gasteiger partial charge in [0.15, 0.2) is 0 Å². The van der Waals surface area contributed by atoms with Gasteiger partial charge in [0, 0.05) is 22.2 Å². The summed E-state index contributed by atoms with van der Waals surface area (Å²) in [6.45, 7) is 5.96. The van der Waals surface area contributed by atoms with Crippen LogP contribution >= 0.6 is 0 Å². The number of hydrogen-bond acceptors (Lipinski definition) is 2. The predicted molar refractivity (Wildman–Crippen MR) is 76.4 cm³/mol. The minimum absolute atomic E-state index is 0.0349. The number of fused-ring (bicyclic) bond motifs is 1. The topological polar surface area (TPSA) is 65.1 Å². The molecule has 0 aliphatic heterocycles. The first kappa shape index (κ1) is 13.6. The Labute approximate surface area is 112 Å². The number of aryl methyl sites for hydroxylation is 2. The predicted octanol–water partition coefficient (Wildman–Crippen LogP) is 2.29. The Bertz CT molecular complexity index is 597. The van der Waals surface area contributed by atoms with E-state index in [4.69, 9.17) is 5.11 Å². The number of hydrogen-bond donors (Lipinski definition) is 3. The Kier molecular flexibility index (Phi) is 3.90. The van der Waals surface area contributed by atoms with Crippen LogP contribution in [0.2, 0.25) is 0 Å². The highest BCUT2D eigenvalue weighted by Crippen LogP contribution is 2.22. The standard InChI is InChI=1S/C15H20N2O2/c1-4-12(8-18)17-15(19)11-5-6-14-13(7-11)9(2)10(3)16-14/h5-7,12,16,18H,4,8H2,1-3H3,(H,17,19)/t12-/m0/s1. The second-order valence-electron chi connectivity index (χ2n) is 4.90. The van der Waals surface area contributed by atoms with Gasteiger partial charge < -0.3 is 15.4 Å². The molecule has 0 saturated heterocycles. The molecule has 1 aromatic carbocycles. The quantitative estimate of drug-likeness (QED) is 0.789. The molecular weight excluding hydrogens is 240 g/mol. The monoisotopic (exact) mass is 260 g/mol. The number of amides is 1. The van der Waals surface area contributed by atoms with E-state index in [0.29, 0.717) is 12.0 Å². The molecule has 1 atom stereocenters. The van der Waals surface area contributed by atoms with Gasteiger partial charge in [-0.2, -0.15) is 0 Å². The number of H-pyrrole nitrogens is 1. The fraction of sp³-hybridized carbons (Fsp3) is 0.400. The number of aliphatic hydroxyl groups is 1. The lowest BCUT2D eigenvalue weighted by Gasteiger charge is -2.13. The van der Waals surface area contributed by atoms with Crippen molar-refractivity contribution in [1.82, 2.24) is 10.3 Å². The van der Waals surface area contributed by atoms with Crippen molar-refractivity contribution in [1.29, 1.82) is 0 Å². The van der Waals surface area contributed by atoms with Crippen LogP contribution in [0.1, 0.15) is 35.0 Å². The van der Waals surface area contributed by atoms with Crippen LogP contribution in [0.3, 0.4) is 0 Å². The van der Waals surface area contributed by atoms with Crippen LogP contribution in [-0.2, 0) is 0 Å². The molecule has 4 heteroatoms. The second kappa shape index (κ2) is 5.45. The number of aromatic amines is 1. The third-order valence-electron chi connectivity index (χ3n) is 3.62. The zero-order chi connectivity index (χ0) is 14.0. The summed E-state index contributed by atoms with van der Waals surface area (Å²) in [6.07, 6.45) is 0.715. The maximum absolute atomic E-state index is 12.1. The van der Waals surface area contributed by atoms with Crippen LogP contribution < -0.4 is 5.32 Å². The summed E-state index contributed by atoms with van der Waals surface area (Å²) in [5.41, 5.74) is 3.95. The molecule has 0 aliphatic carbocycles. The zero-order valence-electron chi connectivity index (χ0n) is 11.6. The fourth-order valence-corrected chi connectivity index (χ4v) is 2.15. The molecule has 0 bridgehead atoms. The number of rotatable bonds is 4. The lowest BCUT2D eigenvalue weighted by molar-refractivity contribution is 0.0915. The average Bonchev–Trinajstić information content (AvgIpc) is 2.71. The van der Waals surface area contributed by atoms with Gasteiger partial charge >= 0.3 is 0 Å². The van der Waals surface area contributed by atoms with E-state index < -0.39 is 0 Å². The van der Waals surface area contributed by atoms with E-state index in [9.17, 15) is 4.79 Å². The van der Waals surface area contributed by atoms with Crippen molar-refractivity contribution >= 4 is 16.8 Å². The summed E-state index contributed by atoms with van der Waals surface area (Å²) in [6, 6.07) is 5.44. The Morgan fingerprint density at radius 3 is 2.79 bits per heavy atom. The van der Waals surface area contributed by atoms with Crippen LogP contribution in [0.5, 0.6) is 0 Å². The van der Waals surface area contributed by atoms with Gasteiger partial charge in [-0.3, -0.25) is 4.79 Å². The van der Waals surface area contributed by atoms with E-state index in [1.54, 1.807) is 6.07 Å². The van der Waals surface area contributed by atoms with Crippen LogP contribution in [0, 0.1) is 13.8 Å². The number of aliphatic hydroxyl groups excluding tert-OH is 1. The molecule has 4 nitrogen and oxygen atoms in total. The van der Waals surface area contributed by atoms with Gasteiger partial charge in [0.2, 0.25) is 0 Å². The summed E-state index contributed by atoms with van der Waals surface area (Å²) < 4.78 is 0. The number of benzene rings is 1. The van der Waals surface area contributed by atoms with E-state index in [1.165, 1.54) is 5.56 Å². The van der Waals surface area contributed by atoms with Crippen molar-refractivity contribution in [2.45, 2.75) is 33.2 Å². The third kappa shape index (κ3) is 2.63. The molecule has 1 amide bonds. The highest BCUT2D eigenvalue weighted by molar-refractivity contribution is 5.99. The summed E-state index contributed by atoms with van der Waals surface area (Å²) >= 11 is 0. The van der Waals surface area contributed by atoms with Crippen molar-refractivity contribution in [2.24, 2.45) is 0 Å². The maximum Gasteiger partial charge on any atom is 0.251 e. The molecule has 0 radical (unpaired) electrons. The minimum atomic E-state index is -0.183. The molecule has 1 aromatic heterocycles. The molecule has 102 valence electrons. The summed E-state index contributed by atoms with van der Waals surface area (Å²) in [5.74, 6) is -0.138. The first-order valence-corrected chi connectivity index (χ1v) is 6.57. The summed E-state index contributed by atoms with van der Waals surface area (Å²) in [7, 11) is 0. The van der Waals surface area contributed by atoms with Crippen molar-refractivity contribution in [2.75, 3.05) is 6.61 Å². The van der Waals surface area contributed by atoms with Crippen molar-refractivity contribution in [3.63, 3.8) is 0 Å². The molecule has 0 spiro atoms. The van der Waals surface area contributed by atoms with Gasteiger partial charge in [0.05, 0.1) is 12.6 Å². The van der Waals surface area contributed by atoms with E-state index in [2.05, 4.69) is 10.3 Å². The number of carbonyl (C=O) groups is 1. The maximum atomic E-state index is 12.1. The highest BCUT2D eigenvalue weighted by Gasteiger charge is 2.13. The molecule has 1 heterocycles. The van der Waals surface area contributed by atoms with Crippen LogP contribution in [0.4, 0.5) is 0 Å². The lowest BCUT2D eigenvalue weighted by Crippen LogP contribution is -2.36. The molecule has 2 aromatic rings. The van der Waals surface area contributed by atoms with Gasteiger partial charge in [-0.05, 0) is 44.0 Å². The highest BCUT2D eigenvalue weighted by atomic mass is 16.3. The van der Waals surface area contributed by atoms with Crippen LogP contribution in [-0.4, -0.2) is 28.6 Å². The SMILES string of the molecule is CC[C@@H](CO)NC(=O)c1ccc2[nH]c(C)c(C)c2c1. The first-order chi connectivity index (χ1) is 9.06. The van der Waals surface area contributed by atoms with E-state index in [1.807, 2.05) is 32.9 Å². The largest absolute Gasteiger partial charge is 0.394 e. The van der Waals surface area contributed by atoms with Gasteiger partial charge in [0.1, 0.15) is 0 Å². The van der Waals surface area contributed by atoms with Crippen LogP contribution in [0.15, 0.2) is 18.2 Å². The molecule has 19 heavy (non-hydrogen) atoms. The van der Waals surface area contributed by atoms with Crippen molar-refractivity contribution < 1.29 is 9.90 Å². The number of nitrogens with one attached hydrogen (secondary N) is 2. The molecule has 0 fully saturated rings. The summed E-state index contributed by atoms with van der Waals surface area (Å²) in [5, 5.41) is 13.0. The Morgan fingerprint density at radius 2 is 2.16 bits per heavy atom. The Hall–Kier alpha value is -1.81.